The van der Waals surface area contributed by atoms with Gasteiger partial charge in [0.05, 0.1) is 18.8 Å². The molecule has 0 aliphatic rings. The van der Waals surface area contributed by atoms with Crippen LogP contribution < -0.4 is 5.73 Å². The molecule has 0 aliphatic carbocycles. The van der Waals surface area contributed by atoms with E-state index >= 15 is 0 Å². The first-order valence-corrected chi connectivity index (χ1v) is 5.88. The Morgan fingerprint density at radius 3 is 2.95 bits per heavy atom. The normalized spacial score (nSPS) is 10.4. The van der Waals surface area contributed by atoms with Crippen LogP contribution in [0.3, 0.4) is 0 Å². The van der Waals surface area contributed by atoms with Crippen molar-refractivity contribution in [2.24, 2.45) is 0 Å². The molecule has 100 valence electrons. The van der Waals surface area contributed by atoms with Gasteiger partial charge in [0.1, 0.15) is 18.0 Å². The number of nitrogens with zero attached hydrogens (tertiary/aromatic N) is 4. The van der Waals surface area contributed by atoms with Crippen LogP contribution >= 0.6 is 0 Å². The van der Waals surface area contributed by atoms with Crippen molar-refractivity contribution < 1.29 is 9.53 Å². The standard InChI is InChI=1S/C12H15N5O2/c1-3-19-12(18)10-11(13)17(8(2)16-10)6-9-4-5-14-7-15-9/h4-5,7H,3,6,13H2,1-2H3. The molecule has 0 aliphatic heterocycles. The third-order valence-corrected chi connectivity index (χ3v) is 2.63. The third-order valence-electron chi connectivity index (χ3n) is 2.63. The van der Waals surface area contributed by atoms with Crippen LogP contribution in [0.15, 0.2) is 18.6 Å². The fraction of sp³-hybridized carbons (Fsp3) is 0.333. The molecule has 0 atom stereocenters. The highest BCUT2D eigenvalue weighted by Gasteiger charge is 2.19. The summed E-state index contributed by atoms with van der Waals surface area (Å²) in [6, 6.07) is 1.78. The first-order chi connectivity index (χ1) is 9.13. The summed E-state index contributed by atoms with van der Waals surface area (Å²) in [4.78, 5) is 23.8. The van der Waals surface area contributed by atoms with Crippen LogP contribution in [0.25, 0.3) is 0 Å². The van der Waals surface area contributed by atoms with E-state index in [1.165, 1.54) is 6.33 Å². The van der Waals surface area contributed by atoms with E-state index in [1.807, 2.05) is 0 Å². The molecule has 0 saturated heterocycles. The zero-order valence-corrected chi connectivity index (χ0v) is 10.8. The number of nitrogen functional groups attached to an aromatic ring is 1. The fourth-order valence-corrected chi connectivity index (χ4v) is 1.70. The highest BCUT2D eigenvalue weighted by molar-refractivity contribution is 5.92. The number of aryl methyl sites for hydroxylation is 1. The average molecular weight is 261 g/mol. The lowest BCUT2D eigenvalue weighted by atomic mass is 10.4. The Hall–Kier alpha value is -2.44. The molecule has 0 radical (unpaired) electrons. The van der Waals surface area contributed by atoms with Crippen molar-refractivity contribution in [3.63, 3.8) is 0 Å². The number of aromatic nitrogens is 4. The summed E-state index contributed by atoms with van der Waals surface area (Å²) in [7, 11) is 0. The van der Waals surface area contributed by atoms with E-state index in [0.29, 0.717) is 12.4 Å². The average Bonchev–Trinajstić information content (AvgIpc) is 2.68. The molecule has 0 fully saturated rings. The Labute approximate surface area is 110 Å². The van der Waals surface area contributed by atoms with Crippen molar-refractivity contribution in [2.75, 3.05) is 12.3 Å². The minimum atomic E-state index is -0.510. The molecule has 2 aromatic rings. The van der Waals surface area contributed by atoms with Crippen LogP contribution in [0.5, 0.6) is 0 Å². The number of imidazole rings is 1. The number of hydrogen-bond donors (Lipinski definition) is 1. The molecular formula is C12H15N5O2. The van der Waals surface area contributed by atoms with Crippen molar-refractivity contribution in [3.05, 3.63) is 35.8 Å². The van der Waals surface area contributed by atoms with Crippen molar-refractivity contribution in [1.82, 2.24) is 19.5 Å². The van der Waals surface area contributed by atoms with Gasteiger partial charge in [0.2, 0.25) is 0 Å². The van der Waals surface area contributed by atoms with Crippen LogP contribution in [0, 0.1) is 6.92 Å². The molecule has 2 rings (SSSR count). The second kappa shape index (κ2) is 5.47. The molecular weight excluding hydrogens is 246 g/mol. The van der Waals surface area contributed by atoms with Gasteiger partial charge in [-0.15, -0.1) is 0 Å². The lowest BCUT2D eigenvalue weighted by molar-refractivity contribution is 0.0521. The summed E-state index contributed by atoms with van der Waals surface area (Å²) in [5.74, 6) is 0.415. The number of rotatable bonds is 4. The Morgan fingerprint density at radius 2 is 2.32 bits per heavy atom. The van der Waals surface area contributed by atoms with Gasteiger partial charge in [-0.05, 0) is 19.9 Å². The molecule has 0 unspecified atom stereocenters. The zero-order chi connectivity index (χ0) is 13.8. The minimum absolute atomic E-state index is 0.147. The maximum absolute atomic E-state index is 11.7. The number of esters is 1. The van der Waals surface area contributed by atoms with Crippen molar-refractivity contribution in [2.45, 2.75) is 20.4 Å². The first-order valence-electron chi connectivity index (χ1n) is 5.88. The Kier molecular flexibility index (Phi) is 3.74. The predicted molar refractivity (Wildman–Crippen MR) is 68.5 cm³/mol. The molecule has 19 heavy (non-hydrogen) atoms. The van der Waals surface area contributed by atoms with Gasteiger partial charge in [0, 0.05) is 6.20 Å². The van der Waals surface area contributed by atoms with Crippen molar-refractivity contribution in [1.29, 1.82) is 0 Å². The lowest BCUT2D eigenvalue weighted by Crippen LogP contribution is -2.11. The molecule has 0 amide bonds. The molecule has 0 aromatic carbocycles. The second-order valence-electron chi connectivity index (χ2n) is 3.90. The summed E-state index contributed by atoms with van der Waals surface area (Å²) in [5.41, 5.74) is 6.88. The SMILES string of the molecule is CCOC(=O)c1nc(C)n(Cc2ccncn2)c1N. The Morgan fingerprint density at radius 1 is 1.53 bits per heavy atom. The van der Waals surface area contributed by atoms with Gasteiger partial charge in [-0.25, -0.2) is 19.7 Å². The molecule has 7 nitrogen and oxygen atoms in total. The number of ether oxygens (including phenoxy) is 1. The summed E-state index contributed by atoms with van der Waals surface area (Å²) < 4.78 is 6.62. The van der Waals surface area contributed by atoms with E-state index in [9.17, 15) is 4.79 Å². The minimum Gasteiger partial charge on any atom is -0.461 e. The zero-order valence-electron chi connectivity index (χ0n) is 10.8. The molecule has 0 spiro atoms. The van der Waals surface area contributed by atoms with Crippen LogP contribution in [0.2, 0.25) is 0 Å². The quantitative estimate of drug-likeness (QED) is 0.817. The summed E-state index contributed by atoms with van der Waals surface area (Å²) in [6.07, 6.45) is 3.11. The van der Waals surface area contributed by atoms with Crippen molar-refractivity contribution >= 4 is 11.8 Å². The van der Waals surface area contributed by atoms with Crippen molar-refractivity contribution in [3.8, 4) is 0 Å². The molecule has 2 heterocycles. The Bertz CT molecular complexity index is 579. The largest absolute Gasteiger partial charge is 0.461 e. The van der Waals surface area contributed by atoms with Gasteiger partial charge in [0.15, 0.2) is 5.69 Å². The molecule has 2 aromatic heterocycles. The van der Waals surface area contributed by atoms with E-state index in [4.69, 9.17) is 10.5 Å². The number of anilines is 1. The summed E-state index contributed by atoms with van der Waals surface area (Å²) in [6.45, 7) is 4.24. The van der Waals surface area contributed by atoms with E-state index in [1.54, 1.807) is 30.7 Å². The molecule has 7 heteroatoms. The van der Waals surface area contributed by atoms with Crippen LogP contribution in [0.4, 0.5) is 5.82 Å². The van der Waals surface area contributed by atoms with Gasteiger partial charge in [0.25, 0.3) is 0 Å². The van der Waals surface area contributed by atoms with E-state index in [-0.39, 0.29) is 18.1 Å². The van der Waals surface area contributed by atoms with Gasteiger partial charge < -0.3 is 15.0 Å². The summed E-state index contributed by atoms with van der Waals surface area (Å²) in [5, 5.41) is 0. The maximum atomic E-state index is 11.7. The first kappa shape index (κ1) is 13.0. The highest BCUT2D eigenvalue weighted by atomic mass is 16.5. The van der Waals surface area contributed by atoms with E-state index in [0.717, 1.165) is 5.69 Å². The van der Waals surface area contributed by atoms with Gasteiger partial charge in [-0.2, -0.15) is 0 Å². The number of hydrogen-bond acceptors (Lipinski definition) is 6. The predicted octanol–water partition coefficient (Wildman–Crippen LogP) is 0.789. The molecule has 0 saturated carbocycles. The topological polar surface area (TPSA) is 95.9 Å². The van der Waals surface area contributed by atoms with Crippen LogP contribution in [0.1, 0.15) is 28.9 Å². The molecule has 0 bridgehead atoms. The maximum Gasteiger partial charge on any atom is 0.360 e. The number of carbonyl (C=O) groups excluding carboxylic acids is 1. The summed E-state index contributed by atoms with van der Waals surface area (Å²) >= 11 is 0. The van der Waals surface area contributed by atoms with Crippen LogP contribution in [-0.4, -0.2) is 32.1 Å². The monoisotopic (exact) mass is 261 g/mol. The third kappa shape index (κ3) is 2.70. The number of carbonyl (C=O) groups is 1. The Balaban J connectivity index is 2.29. The van der Waals surface area contributed by atoms with E-state index < -0.39 is 5.97 Å². The highest BCUT2D eigenvalue weighted by Crippen LogP contribution is 2.16. The van der Waals surface area contributed by atoms with E-state index in [2.05, 4.69) is 15.0 Å². The van der Waals surface area contributed by atoms with Gasteiger partial charge >= 0.3 is 5.97 Å². The van der Waals surface area contributed by atoms with Gasteiger partial charge in [-0.1, -0.05) is 0 Å². The van der Waals surface area contributed by atoms with Crippen LogP contribution in [-0.2, 0) is 11.3 Å². The number of nitrogens with two attached hydrogens (primary N) is 1. The lowest BCUT2D eigenvalue weighted by Gasteiger charge is -2.06. The van der Waals surface area contributed by atoms with Gasteiger partial charge in [-0.3, -0.25) is 0 Å². The molecule has 2 N–H and O–H groups in total. The smallest absolute Gasteiger partial charge is 0.360 e. The second-order valence-corrected chi connectivity index (χ2v) is 3.90. The fourth-order valence-electron chi connectivity index (χ4n) is 1.70.